The number of ether oxygens (including phenoxy) is 1. The Morgan fingerprint density at radius 1 is 1.17 bits per heavy atom. The first kappa shape index (κ1) is 15.2. The van der Waals surface area contributed by atoms with Gasteiger partial charge in [-0.05, 0) is 30.3 Å². The summed E-state index contributed by atoms with van der Waals surface area (Å²) in [5.74, 6) is 0.651. The second-order valence-electron chi connectivity index (χ2n) is 4.95. The normalized spacial score (nSPS) is 10.3. The highest BCUT2D eigenvalue weighted by Crippen LogP contribution is 2.23. The molecule has 5 heteroatoms. The van der Waals surface area contributed by atoms with Crippen molar-refractivity contribution in [3.05, 3.63) is 65.7 Å². The molecule has 116 valence electrons. The van der Waals surface area contributed by atoms with Crippen molar-refractivity contribution in [1.82, 2.24) is 4.98 Å². The lowest BCUT2D eigenvalue weighted by molar-refractivity contribution is -0.115. The number of nitrogens with one attached hydrogen (secondary N) is 1. The molecule has 1 heterocycles. The average Bonchev–Trinajstić information content (AvgIpc) is 3.10. The second-order valence-corrected chi connectivity index (χ2v) is 5.85. The van der Waals surface area contributed by atoms with Gasteiger partial charge in [-0.15, -0.1) is 11.3 Å². The summed E-state index contributed by atoms with van der Waals surface area (Å²) in [6.45, 7) is 0. The molecule has 2 aromatic carbocycles. The summed E-state index contributed by atoms with van der Waals surface area (Å²) in [6.07, 6.45) is 2.06. The second kappa shape index (κ2) is 7.07. The number of aromatic nitrogens is 1. The number of methoxy groups -OCH3 is 1. The standard InChI is InChI=1S/C18H16N2O2S/c1-22-16-5-3-2-4-14(16)12-17(21)20-15-8-6-13(7-9-15)18-19-10-11-23-18/h2-11H,12H2,1H3,(H,20,21). The fraction of sp³-hybridized carbons (Fsp3) is 0.111. The van der Waals surface area contributed by atoms with Crippen molar-refractivity contribution in [3.8, 4) is 16.3 Å². The zero-order valence-corrected chi connectivity index (χ0v) is 13.5. The molecule has 23 heavy (non-hydrogen) atoms. The number of carbonyl (C=O) groups is 1. The van der Waals surface area contributed by atoms with Gasteiger partial charge in [0.15, 0.2) is 0 Å². The third-order valence-corrected chi connectivity index (χ3v) is 4.21. The van der Waals surface area contributed by atoms with Gasteiger partial charge in [0.25, 0.3) is 0 Å². The van der Waals surface area contributed by atoms with E-state index in [-0.39, 0.29) is 12.3 Å². The number of carbonyl (C=O) groups excluding carboxylic acids is 1. The lowest BCUT2D eigenvalue weighted by Gasteiger charge is -2.09. The molecule has 0 spiro atoms. The smallest absolute Gasteiger partial charge is 0.228 e. The Hall–Kier alpha value is -2.66. The van der Waals surface area contributed by atoms with Crippen LogP contribution < -0.4 is 10.1 Å². The lowest BCUT2D eigenvalue weighted by atomic mass is 10.1. The zero-order chi connectivity index (χ0) is 16.1. The molecule has 3 rings (SSSR count). The van der Waals surface area contributed by atoms with Crippen LogP contribution in [0.1, 0.15) is 5.56 Å². The topological polar surface area (TPSA) is 51.2 Å². The van der Waals surface area contributed by atoms with E-state index in [1.165, 1.54) is 0 Å². The Morgan fingerprint density at radius 3 is 2.65 bits per heavy atom. The summed E-state index contributed by atoms with van der Waals surface area (Å²) in [4.78, 5) is 16.5. The summed E-state index contributed by atoms with van der Waals surface area (Å²) < 4.78 is 5.27. The fourth-order valence-corrected chi connectivity index (χ4v) is 2.93. The maximum absolute atomic E-state index is 12.2. The molecule has 0 aliphatic heterocycles. The van der Waals surface area contributed by atoms with Crippen LogP contribution in [0.5, 0.6) is 5.75 Å². The van der Waals surface area contributed by atoms with Crippen LogP contribution in [0.15, 0.2) is 60.1 Å². The molecule has 0 saturated carbocycles. The molecule has 0 bridgehead atoms. The predicted octanol–water partition coefficient (Wildman–Crippen LogP) is 4.00. The number of nitrogens with zero attached hydrogens (tertiary/aromatic N) is 1. The minimum absolute atomic E-state index is 0.0727. The van der Waals surface area contributed by atoms with Crippen molar-refractivity contribution in [3.63, 3.8) is 0 Å². The number of rotatable bonds is 5. The summed E-state index contributed by atoms with van der Waals surface area (Å²) >= 11 is 1.59. The molecule has 1 aromatic heterocycles. The Labute approximate surface area is 138 Å². The Morgan fingerprint density at radius 2 is 1.96 bits per heavy atom. The largest absolute Gasteiger partial charge is 0.496 e. The van der Waals surface area contributed by atoms with Gasteiger partial charge in [-0.2, -0.15) is 0 Å². The van der Waals surface area contributed by atoms with Crippen LogP contribution in [-0.2, 0) is 11.2 Å². The van der Waals surface area contributed by atoms with Crippen molar-refractivity contribution in [2.75, 3.05) is 12.4 Å². The van der Waals surface area contributed by atoms with Crippen LogP contribution in [0.3, 0.4) is 0 Å². The van der Waals surface area contributed by atoms with Crippen molar-refractivity contribution in [2.24, 2.45) is 0 Å². The molecule has 0 unspecified atom stereocenters. The van der Waals surface area contributed by atoms with Crippen molar-refractivity contribution < 1.29 is 9.53 Å². The Bertz CT molecular complexity index is 783. The minimum Gasteiger partial charge on any atom is -0.496 e. The van der Waals surface area contributed by atoms with E-state index in [4.69, 9.17) is 4.74 Å². The van der Waals surface area contributed by atoms with Gasteiger partial charge in [0, 0.05) is 28.4 Å². The predicted molar refractivity (Wildman–Crippen MR) is 92.9 cm³/mol. The van der Waals surface area contributed by atoms with E-state index in [1.807, 2.05) is 53.9 Å². The molecule has 0 aliphatic rings. The van der Waals surface area contributed by atoms with Gasteiger partial charge < -0.3 is 10.1 Å². The van der Waals surface area contributed by atoms with Crippen LogP contribution in [0, 0.1) is 0 Å². The van der Waals surface area contributed by atoms with Crippen LogP contribution >= 0.6 is 11.3 Å². The van der Waals surface area contributed by atoms with Crippen molar-refractivity contribution >= 4 is 22.9 Å². The molecule has 3 aromatic rings. The number of anilines is 1. The average molecular weight is 324 g/mol. The van der Waals surface area contributed by atoms with Crippen LogP contribution in [-0.4, -0.2) is 18.0 Å². The minimum atomic E-state index is -0.0727. The maximum Gasteiger partial charge on any atom is 0.228 e. The molecular formula is C18H16N2O2S. The molecular weight excluding hydrogens is 308 g/mol. The monoisotopic (exact) mass is 324 g/mol. The number of thiazole rings is 1. The van der Waals surface area contributed by atoms with Gasteiger partial charge in [0.2, 0.25) is 5.91 Å². The van der Waals surface area contributed by atoms with Crippen molar-refractivity contribution in [2.45, 2.75) is 6.42 Å². The van der Waals surface area contributed by atoms with E-state index in [0.717, 1.165) is 27.6 Å². The van der Waals surface area contributed by atoms with E-state index in [9.17, 15) is 4.79 Å². The van der Waals surface area contributed by atoms with E-state index in [2.05, 4.69) is 10.3 Å². The number of para-hydroxylation sites is 1. The van der Waals surface area contributed by atoms with E-state index < -0.39 is 0 Å². The van der Waals surface area contributed by atoms with Crippen LogP contribution in [0.2, 0.25) is 0 Å². The van der Waals surface area contributed by atoms with Gasteiger partial charge in [-0.25, -0.2) is 4.98 Å². The van der Waals surface area contributed by atoms with E-state index in [1.54, 1.807) is 24.6 Å². The third-order valence-electron chi connectivity index (χ3n) is 3.39. The van der Waals surface area contributed by atoms with Crippen LogP contribution in [0.25, 0.3) is 10.6 Å². The molecule has 0 saturated heterocycles. The lowest BCUT2D eigenvalue weighted by Crippen LogP contribution is -2.14. The highest BCUT2D eigenvalue weighted by molar-refractivity contribution is 7.13. The van der Waals surface area contributed by atoms with Gasteiger partial charge in [0.1, 0.15) is 10.8 Å². The molecule has 1 amide bonds. The molecule has 1 N–H and O–H groups in total. The molecule has 0 atom stereocenters. The third kappa shape index (κ3) is 3.76. The van der Waals surface area contributed by atoms with E-state index >= 15 is 0 Å². The number of hydrogen-bond acceptors (Lipinski definition) is 4. The van der Waals surface area contributed by atoms with Gasteiger partial charge in [-0.1, -0.05) is 18.2 Å². The highest BCUT2D eigenvalue weighted by Gasteiger charge is 2.09. The molecule has 0 radical (unpaired) electrons. The summed E-state index contributed by atoms with van der Waals surface area (Å²) in [5, 5.41) is 5.81. The van der Waals surface area contributed by atoms with Crippen molar-refractivity contribution in [1.29, 1.82) is 0 Å². The summed E-state index contributed by atoms with van der Waals surface area (Å²) in [5.41, 5.74) is 2.68. The Balaban J connectivity index is 1.66. The first-order chi connectivity index (χ1) is 11.3. The number of benzene rings is 2. The first-order valence-corrected chi connectivity index (χ1v) is 8.06. The summed E-state index contributed by atoms with van der Waals surface area (Å²) in [7, 11) is 1.61. The quantitative estimate of drug-likeness (QED) is 0.772. The molecule has 0 fully saturated rings. The maximum atomic E-state index is 12.2. The molecule has 4 nitrogen and oxygen atoms in total. The van der Waals surface area contributed by atoms with Crippen LogP contribution in [0.4, 0.5) is 5.69 Å². The highest BCUT2D eigenvalue weighted by atomic mass is 32.1. The van der Waals surface area contributed by atoms with Gasteiger partial charge in [-0.3, -0.25) is 4.79 Å². The number of amides is 1. The van der Waals surface area contributed by atoms with E-state index in [0.29, 0.717) is 0 Å². The number of hydrogen-bond donors (Lipinski definition) is 1. The van der Waals surface area contributed by atoms with Gasteiger partial charge >= 0.3 is 0 Å². The summed E-state index contributed by atoms with van der Waals surface area (Å²) in [6, 6.07) is 15.2. The SMILES string of the molecule is COc1ccccc1CC(=O)Nc1ccc(-c2nccs2)cc1. The zero-order valence-electron chi connectivity index (χ0n) is 12.7. The van der Waals surface area contributed by atoms with Gasteiger partial charge in [0.05, 0.1) is 13.5 Å². The fourth-order valence-electron chi connectivity index (χ4n) is 2.29. The first-order valence-electron chi connectivity index (χ1n) is 7.18. The Kier molecular flexibility index (Phi) is 4.68. The molecule has 0 aliphatic carbocycles.